The molecular weight excluding hydrogens is 320 g/mol. The standard InChI is InChI=1S/C18H20N4O3/c1-11-8-16(22(2)21-11)17(23)20-15(18(24)25-3)9-12-10-19-14-7-5-4-6-13(12)14/h4-8,10,15,19H,9H2,1-3H3,(H,20,23)/t15-/m1/s1. The number of amides is 1. The number of benzene rings is 1. The van der Waals surface area contributed by atoms with Crippen molar-refractivity contribution >= 4 is 22.8 Å². The van der Waals surface area contributed by atoms with Crippen molar-refractivity contribution in [1.29, 1.82) is 0 Å². The molecule has 130 valence electrons. The number of para-hydroxylation sites is 1. The molecule has 0 saturated carbocycles. The third-order valence-electron chi connectivity index (χ3n) is 4.12. The minimum atomic E-state index is -0.785. The van der Waals surface area contributed by atoms with Gasteiger partial charge in [0.2, 0.25) is 0 Å². The molecule has 1 atom stereocenters. The number of aromatic amines is 1. The van der Waals surface area contributed by atoms with E-state index in [0.29, 0.717) is 12.1 Å². The molecule has 0 aliphatic carbocycles. The first-order valence-corrected chi connectivity index (χ1v) is 7.94. The highest BCUT2D eigenvalue weighted by Gasteiger charge is 2.25. The van der Waals surface area contributed by atoms with E-state index in [1.54, 1.807) is 20.0 Å². The molecule has 2 heterocycles. The van der Waals surface area contributed by atoms with Gasteiger partial charge in [0.05, 0.1) is 12.8 Å². The van der Waals surface area contributed by atoms with Crippen LogP contribution in [0.15, 0.2) is 36.5 Å². The van der Waals surface area contributed by atoms with E-state index in [4.69, 9.17) is 4.74 Å². The molecule has 0 unspecified atom stereocenters. The summed E-state index contributed by atoms with van der Waals surface area (Å²) in [5.74, 6) is -0.851. The minimum absolute atomic E-state index is 0.333. The van der Waals surface area contributed by atoms with E-state index in [1.165, 1.54) is 11.8 Å². The van der Waals surface area contributed by atoms with Crippen LogP contribution in [0.4, 0.5) is 0 Å². The van der Waals surface area contributed by atoms with Crippen molar-refractivity contribution < 1.29 is 14.3 Å². The molecule has 0 saturated heterocycles. The average molecular weight is 340 g/mol. The molecule has 25 heavy (non-hydrogen) atoms. The van der Waals surface area contributed by atoms with E-state index in [0.717, 1.165) is 22.2 Å². The summed E-state index contributed by atoms with van der Waals surface area (Å²) in [5.41, 5.74) is 3.05. The van der Waals surface area contributed by atoms with Crippen LogP contribution in [0.25, 0.3) is 10.9 Å². The number of esters is 1. The molecule has 0 bridgehead atoms. The van der Waals surface area contributed by atoms with Crippen LogP contribution in [0.2, 0.25) is 0 Å². The minimum Gasteiger partial charge on any atom is -0.467 e. The predicted octanol–water partition coefficient (Wildman–Crippen LogP) is 1.72. The predicted molar refractivity (Wildman–Crippen MR) is 93.2 cm³/mol. The second kappa shape index (κ2) is 6.80. The van der Waals surface area contributed by atoms with Gasteiger partial charge < -0.3 is 15.0 Å². The Morgan fingerprint density at radius 3 is 2.80 bits per heavy atom. The fourth-order valence-electron chi connectivity index (χ4n) is 2.91. The number of fused-ring (bicyclic) bond motifs is 1. The number of H-pyrrole nitrogens is 1. The normalized spacial score (nSPS) is 12.1. The first-order valence-electron chi connectivity index (χ1n) is 7.94. The molecule has 0 spiro atoms. The summed E-state index contributed by atoms with van der Waals surface area (Å²) in [4.78, 5) is 27.8. The molecular formula is C18H20N4O3. The van der Waals surface area contributed by atoms with Crippen molar-refractivity contribution in [3.8, 4) is 0 Å². The molecule has 3 aromatic rings. The molecule has 7 heteroatoms. The van der Waals surface area contributed by atoms with Crippen LogP contribution in [0.3, 0.4) is 0 Å². The zero-order valence-corrected chi connectivity index (χ0v) is 14.4. The van der Waals surface area contributed by atoms with Crippen LogP contribution in [0.5, 0.6) is 0 Å². The van der Waals surface area contributed by atoms with E-state index in [-0.39, 0.29) is 5.91 Å². The van der Waals surface area contributed by atoms with E-state index < -0.39 is 12.0 Å². The molecule has 1 aromatic carbocycles. The Morgan fingerprint density at radius 2 is 2.12 bits per heavy atom. The highest BCUT2D eigenvalue weighted by atomic mass is 16.5. The molecule has 0 radical (unpaired) electrons. The van der Waals surface area contributed by atoms with Crippen molar-refractivity contribution in [1.82, 2.24) is 20.1 Å². The third kappa shape index (κ3) is 3.40. The number of aromatic nitrogens is 3. The lowest BCUT2D eigenvalue weighted by Crippen LogP contribution is -2.43. The monoisotopic (exact) mass is 340 g/mol. The maximum Gasteiger partial charge on any atom is 0.328 e. The van der Waals surface area contributed by atoms with Crippen molar-refractivity contribution in [2.45, 2.75) is 19.4 Å². The first-order chi connectivity index (χ1) is 12.0. The molecule has 0 aliphatic rings. The zero-order valence-electron chi connectivity index (χ0n) is 14.4. The second-order valence-corrected chi connectivity index (χ2v) is 5.91. The van der Waals surface area contributed by atoms with Crippen LogP contribution in [-0.4, -0.2) is 39.8 Å². The SMILES string of the molecule is COC(=O)[C@@H](Cc1c[nH]c2ccccc12)NC(=O)c1cc(C)nn1C. The van der Waals surface area contributed by atoms with Gasteiger partial charge in [-0.25, -0.2) is 4.79 Å². The van der Waals surface area contributed by atoms with E-state index in [2.05, 4.69) is 15.4 Å². The van der Waals surface area contributed by atoms with Gasteiger partial charge in [-0.05, 0) is 24.6 Å². The van der Waals surface area contributed by atoms with Crippen LogP contribution in [0.1, 0.15) is 21.7 Å². The third-order valence-corrected chi connectivity index (χ3v) is 4.12. The summed E-state index contributed by atoms with van der Waals surface area (Å²) in [6.07, 6.45) is 2.18. The van der Waals surface area contributed by atoms with Gasteiger partial charge >= 0.3 is 5.97 Å². The van der Waals surface area contributed by atoms with E-state index in [1.807, 2.05) is 30.5 Å². The number of carbonyl (C=O) groups is 2. The zero-order chi connectivity index (χ0) is 18.0. The number of methoxy groups -OCH3 is 1. The maximum absolute atomic E-state index is 12.5. The summed E-state index contributed by atoms with van der Waals surface area (Å²) in [6, 6.07) is 8.70. The molecule has 1 amide bonds. The van der Waals surface area contributed by atoms with Crippen LogP contribution < -0.4 is 5.32 Å². The number of ether oxygens (including phenoxy) is 1. The molecule has 0 aliphatic heterocycles. The fraction of sp³-hybridized carbons (Fsp3) is 0.278. The summed E-state index contributed by atoms with van der Waals surface area (Å²) in [7, 11) is 3.00. The van der Waals surface area contributed by atoms with Crippen LogP contribution >= 0.6 is 0 Å². The lowest BCUT2D eigenvalue weighted by atomic mass is 10.0. The van der Waals surface area contributed by atoms with Gasteiger partial charge in [0.25, 0.3) is 5.91 Å². The quantitative estimate of drug-likeness (QED) is 0.692. The second-order valence-electron chi connectivity index (χ2n) is 5.91. The van der Waals surface area contributed by atoms with Crippen LogP contribution in [0, 0.1) is 6.92 Å². The highest BCUT2D eigenvalue weighted by Crippen LogP contribution is 2.19. The molecule has 3 rings (SSSR count). The average Bonchev–Trinajstić information content (AvgIpc) is 3.16. The summed E-state index contributed by atoms with van der Waals surface area (Å²) < 4.78 is 6.35. The number of nitrogens with one attached hydrogen (secondary N) is 2. The lowest BCUT2D eigenvalue weighted by Gasteiger charge is -2.16. The Kier molecular flexibility index (Phi) is 4.56. The van der Waals surface area contributed by atoms with E-state index in [9.17, 15) is 9.59 Å². The molecule has 0 fully saturated rings. The Hall–Kier alpha value is -3.09. The lowest BCUT2D eigenvalue weighted by molar-refractivity contribution is -0.142. The Morgan fingerprint density at radius 1 is 1.36 bits per heavy atom. The largest absolute Gasteiger partial charge is 0.467 e. The number of rotatable bonds is 5. The van der Waals surface area contributed by atoms with Gasteiger partial charge in [-0.2, -0.15) is 5.10 Å². The molecule has 7 nitrogen and oxygen atoms in total. The van der Waals surface area contributed by atoms with Gasteiger partial charge in [-0.15, -0.1) is 0 Å². The van der Waals surface area contributed by atoms with Gasteiger partial charge in [0.1, 0.15) is 11.7 Å². The number of carbonyl (C=O) groups excluding carboxylic acids is 2. The van der Waals surface area contributed by atoms with Crippen LogP contribution in [-0.2, 0) is 23.0 Å². The molecule has 2 N–H and O–H groups in total. The highest BCUT2D eigenvalue weighted by molar-refractivity contribution is 5.96. The topological polar surface area (TPSA) is 89.0 Å². The van der Waals surface area contributed by atoms with Crippen molar-refractivity contribution in [2.24, 2.45) is 7.05 Å². The summed E-state index contributed by atoms with van der Waals surface area (Å²) in [5, 5.41) is 7.92. The van der Waals surface area contributed by atoms with E-state index >= 15 is 0 Å². The number of aryl methyl sites for hydroxylation is 2. The van der Waals surface area contributed by atoms with Gasteiger partial charge in [0.15, 0.2) is 0 Å². The molecule has 2 aromatic heterocycles. The van der Waals surface area contributed by atoms with Crippen molar-refractivity contribution in [2.75, 3.05) is 7.11 Å². The Balaban J connectivity index is 1.84. The van der Waals surface area contributed by atoms with Crippen molar-refractivity contribution in [3.63, 3.8) is 0 Å². The van der Waals surface area contributed by atoms with Gasteiger partial charge in [0, 0.05) is 30.6 Å². The smallest absolute Gasteiger partial charge is 0.328 e. The van der Waals surface area contributed by atoms with Gasteiger partial charge in [-0.3, -0.25) is 9.48 Å². The number of hydrogen-bond donors (Lipinski definition) is 2. The van der Waals surface area contributed by atoms with Gasteiger partial charge in [-0.1, -0.05) is 18.2 Å². The Labute approximate surface area is 145 Å². The maximum atomic E-state index is 12.5. The Bertz CT molecular complexity index is 925. The number of hydrogen-bond acceptors (Lipinski definition) is 4. The summed E-state index contributed by atoms with van der Waals surface area (Å²) >= 11 is 0. The first kappa shape index (κ1) is 16.8. The number of nitrogens with zero attached hydrogens (tertiary/aromatic N) is 2. The summed E-state index contributed by atoms with van der Waals surface area (Å²) in [6.45, 7) is 1.81. The fourth-order valence-corrected chi connectivity index (χ4v) is 2.91. The van der Waals surface area contributed by atoms with Crippen molar-refractivity contribution in [3.05, 3.63) is 53.5 Å².